The summed E-state index contributed by atoms with van der Waals surface area (Å²) in [6.07, 6.45) is 3.18. The molecule has 2 rings (SSSR count). The van der Waals surface area contributed by atoms with Crippen molar-refractivity contribution in [1.29, 1.82) is 0 Å². The van der Waals surface area contributed by atoms with Crippen LogP contribution in [-0.2, 0) is 0 Å². The molecule has 0 spiro atoms. The summed E-state index contributed by atoms with van der Waals surface area (Å²) in [5.74, 6) is 1.55. The molecule has 5 nitrogen and oxygen atoms in total. The second kappa shape index (κ2) is 7.83. The highest BCUT2D eigenvalue weighted by molar-refractivity contribution is 9.10. The number of hydrogen-bond donors (Lipinski definition) is 2. The third-order valence-electron chi connectivity index (χ3n) is 3.70. The van der Waals surface area contributed by atoms with Crippen molar-refractivity contribution in [2.45, 2.75) is 32.2 Å². The van der Waals surface area contributed by atoms with Crippen LogP contribution in [-0.4, -0.2) is 32.2 Å². The van der Waals surface area contributed by atoms with E-state index in [1.807, 2.05) is 6.92 Å². The van der Waals surface area contributed by atoms with Crippen molar-refractivity contribution in [3.63, 3.8) is 0 Å². The second-order valence-electron chi connectivity index (χ2n) is 5.49. The summed E-state index contributed by atoms with van der Waals surface area (Å²) in [5, 5.41) is 3.00. The van der Waals surface area contributed by atoms with Gasteiger partial charge in [0.1, 0.15) is 0 Å². The summed E-state index contributed by atoms with van der Waals surface area (Å²) in [7, 11) is 1.56. The zero-order chi connectivity index (χ0) is 16.1. The molecule has 1 aromatic carbocycles. The minimum absolute atomic E-state index is 0.0493. The fourth-order valence-corrected chi connectivity index (χ4v) is 2.87. The molecule has 1 aliphatic rings. The number of methoxy groups -OCH3 is 1. The lowest BCUT2D eigenvalue weighted by Gasteiger charge is -2.18. The Balaban J connectivity index is 2.16. The van der Waals surface area contributed by atoms with Crippen LogP contribution in [0.25, 0.3) is 0 Å². The number of carbonyl (C=O) groups excluding carboxylic acids is 1. The van der Waals surface area contributed by atoms with E-state index in [1.54, 1.807) is 19.2 Å². The average Bonchev–Trinajstić information content (AvgIpc) is 3.35. The van der Waals surface area contributed by atoms with Crippen molar-refractivity contribution in [3.05, 3.63) is 22.2 Å². The predicted molar refractivity (Wildman–Crippen MR) is 89.5 cm³/mol. The van der Waals surface area contributed by atoms with Crippen LogP contribution in [0.1, 0.15) is 36.5 Å². The van der Waals surface area contributed by atoms with Crippen LogP contribution >= 0.6 is 15.9 Å². The molecule has 0 aromatic heterocycles. The van der Waals surface area contributed by atoms with E-state index in [-0.39, 0.29) is 11.9 Å². The maximum Gasteiger partial charge on any atom is 0.251 e. The van der Waals surface area contributed by atoms with Crippen LogP contribution in [0.3, 0.4) is 0 Å². The first-order valence-electron chi connectivity index (χ1n) is 7.62. The molecule has 1 unspecified atom stereocenters. The molecule has 0 saturated heterocycles. The van der Waals surface area contributed by atoms with Gasteiger partial charge in [-0.3, -0.25) is 4.79 Å². The average molecular weight is 371 g/mol. The Hall–Kier alpha value is -1.27. The van der Waals surface area contributed by atoms with Crippen LogP contribution in [0.5, 0.6) is 11.5 Å². The minimum Gasteiger partial charge on any atom is -0.493 e. The Kier molecular flexibility index (Phi) is 6.08. The quantitative estimate of drug-likeness (QED) is 0.737. The molecule has 0 radical (unpaired) electrons. The van der Waals surface area contributed by atoms with Gasteiger partial charge in [0.05, 0.1) is 18.2 Å². The number of benzene rings is 1. The van der Waals surface area contributed by atoms with E-state index in [9.17, 15) is 4.79 Å². The van der Waals surface area contributed by atoms with E-state index in [0.717, 1.165) is 19.3 Å². The molecule has 22 heavy (non-hydrogen) atoms. The molecule has 6 heteroatoms. The van der Waals surface area contributed by atoms with E-state index < -0.39 is 0 Å². The molecular weight excluding hydrogens is 348 g/mol. The molecule has 1 fully saturated rings. The molecule has 3 N–H and O–H groups in total. The lowest BCUT2D eigenvalue weighted by molar-refractivity contribution is 0.0933. The van der Waals surface area contributed by atoms with Gasteiger partial charge >= 0.3 is 0 Å². The maximum atomic E-state index is 12.4. The van der Waals surface area contributed by atoms with E-state index in [4.69, 9.17) is 15.2 Å². The first-order valence-corrected chi connectivity index (χ1v) is 8.41. The summed E-state index contributed by atoms with van der Waals surface area (Å²) >= 11 is 3.45. The fourth-order valence-electron chi connectivity index (χ4n) is 2.31. The van der Waals surface area contributed by atoms with E-state index in [2.05, 4.69) is 21.2 Å². The SMILES string of the molecule is CCCOc1c(Br)cc(C(=O)NC(CN)C2CC2)cc1OC. The molecule has 1 saturated carbocycles. The summed E-state index contributed by atoms with van der Waals surface area (Å²) in [4.78, 5) is 12.4. The van der Waals surface area contributed by atoms with Gasteiger partial charge < -0.3 is 20.5 Å². The van der Waals surface area contributed by atoms with Gasteiger partial charge in [-0.1, -0.05) is 6.92 Å². The van der Waals surface area contributed by atoms with Gasteiger partial charge in [0.25, 0.3) is 5.91 Å². The lowest BCUT2D eigenvalue weighted by Crippen LogP contribution is -2.41. The minimum atomic E-state index is -0.136. The first-order chi connectivity index (χ1) is 10.6. The lowest BCUT2D eigenvalue weighted by atomic mass is 10.1. The van der Waals surface area contributed by atoms with Crippen LogP contribution in [0.15, 0.2) is 16.6 Å². The summed E-state index contributed by atoms with van der Waals surface area (Å²) in [6.45, 7) is 3.09. The molecule has 0 aliphatic heterocycles. The number of nitrogens with one attached hydrogen (secondary N) is 1. The molecule has 1 atom stereocenters. The number of hydrogen-bond acceptors (Lipinski definition) is 4. The molecule has 0 heterocycles. The van der Waals surface area contributed by atoms with Crippen molar-refractivity contribution in [1.82, 2.24) is 5.32 Å². The zero-order valence-electron chi connectivity index (χ0n) is 13.0. The Labute approximate surface area is 139 Å². The van der Waals surface area contributed by atoms with Crippen molar-refractivity contribution in [2.75, 3.05) is 20.3 Å². The Morgan fingerprint density at radius 1 is 1.50 bits per heavy atom. The molecule has 1 aliphatic carbocycles. The van der Waals surface area contributed by atoms with Crippen molar-refractivity contribution in [3.8, 4) is 11.5 Å². The van der Waals surface area contributed by atoms with Gasteiger partial charge in [-0.05, 0) is 53.2 Å². The van der Waals surface area contributed by atoms with E-state index in [0.29, 0.717) is 40.6 Å². The smallest absolute Gasteiger partial charge is 0.251 e. The Morgan fingerprint density at radius 2 is 2.23 bits per heavy atom. The van der Waals surface area contributed by atoms with Gasteiger partial charge in [0.15, 0.2) is 11.5 Å². The number of ether oxygens (including phenoxy) is 2. The molecule has 122 valence electrons. The van der Waals surface area contributed by atoms with Gasteiger partial charge in [-0.15, -0.1) is 0 Å². The topological polar surface area (TPSA) is 73.6 Å². The second-order valence-corrected chi connectivity index (χ2v) is 6.35. The number of carbonyl (C=O) groups is 1. The van der Waals surface area contributed by atoms with Crippen LogP contribution in [0, 0.1) is 5.92 Å². The molecular formula is C16H23BrN2O3. The summed E-state index contributed by atoms with van der Waals surface area (Å²) in [6, 6.07) is 3.50. The van der Waals surface area contributed by atoms with Crippen molar-refractivity contribution in [2.24, 2.45) is 11.7 Å². The van der Waals surface area contributed by atoms with Gasteiger partial charge in [-0.25, -0.2) is 0 Å². The maximum absolute atomic E-state index is 12.4. The van der Waals surface area contributed by atoms with Crippen LogP contribution in [0.2, 0.25) is 0 Å². The van der Waals surface area contributed by atoms with Gasteiger partial charge in [-0.2, -0.15) is 0 Å². The highest BCUT2D eigenvalue weighted by atomic mass is 79.9. The van der Waals surface area contributed by atoms with Gasteiger partial charge in [0, 0.05) is 18.2 Å². The number of rotatable bonds is 8. The normalized spacial score (nSPS) is 15.3. The van der Waals surface area contributed by atoms with E-state index in [1.165, 1.54) is 0 Å². The van der Waals surface area contributed by atoms with Crippen molar-refractivity contribution < 1.29 is 14.3 Å². The van der Waals surface area contributed by atoms with Crippen LogP contribution in [0.4, 0.5) is 0 Å². The Morgan fingerprint density at radius 3 is 2.77 bits per heavy atom. The summed E-state index contributed by atoms with van der Waals surface area (Å²) in [5.41, 5.74) is 6.27. The number of nitrogens with two attached hydrogens (primary N) is 1. The Bertz CT molecular complexity index is 532. The molecule has 1 aromatic rings. The predicted octanol–water partition coefficient (Wildman–Crippen LogP) is 2.71. The fraction of sp³-hybridized carbons (Fsp3) is 0.562. The highest BCUT2D eigenvalue weighted by Gasteiger charge is 2.31. The molecule has 0 bridgehead atoms. The van der Waals surface area contributed by atoms with Gasteiger partial charge in [0.2, 0.25) is 0 Å². The van der Waals surface area contributed by atoms with Crippen LogP contribution < -0.4 is 20.5 Å². The first kappa shape index (κ1) is 17.1. The van der Waals surface area contributed by atoms with E-state index >= 15 is 0 Å². The third-order valence-corrected chi connectivity index (χ3v) is 4.29. The van der Waals surface area contributed by atoms with Crippen molar-refractivity contribution >= 4 is 21.8 Å². The molecule has 1 amide bonds. The number of amides is 1. The third kappa shape index (κ3) is 4.14. The standard InChI is InChI=1S/C16H23BrN2O3/c1-3-6-22-15-12(17)7-11(8-14(15)21-2)16(20)19-13(9-18)10-4-5-10/h7-8,10,13H,3-6,9,18H2,1-2H3,(H,19,20). The monoisotopic (exact) mass is 370 g/mol. The largest absolute Gasteiger partial charge is 0.493 e. The summed E-state index contributed by atoms with van der Waals surface area (Å²) < 4.78 is 11.7. The number of halogens is 1. The zero-order valence-corrected chi connectivity index (χ0v) is 14.6. The highest BCUT2D eigenvalue weighted by Crippen LogP contribution is 2.37.